The maximum atomic E-state index is 6.32. The maximum Gasteiger partial charge on any atom is 0.502 e. The molecule has 3 rings (SSSR count). The smallest absolute Gasteiger partial charge is 0.491 e. The van der Waals surface area contributed by atoms with Gasteiger partial charge in [0, 0.05) is 5.02 Å². The lowest BCUT2D eigenvalue weighted by molar-refractivity contribution is 0.0881. The molecule has 0 saturated heterocycles. The van der Waals surface area contributed by atoms with Gasteiger partial charge in [-0.2, -0.15) is 3.69 Å². The molecule has 118 valence electrons. The third-order valence-electron chi connectivity index (χ3n) is 3.81. The van der Waals surface area contributed by atoms with E-state index < -0.39 is 0 Å². The van der Waals surface area contributed by atoms with Gasteiger partial charge in [-0.25, -0.2) is 0 Å². The highest BCUT2D eigenvalue weighted by atomic mass is 127. The minimum atomic E-state index is -0.176. The Kier molecular flexibility index (Phi) is 6.89. The largest absolute Gasteiger partial charge is 0.502 e. The van der Waals surface area contributed by atoms with E-state index in [0.717, 1.165) is 17.2 Å². The standard InChI is InChI=1S/C18H18ClO2.HI.Mg/c19-18-4-2-1-3-15(18)13-14-5-7-16(8-6-14)20-11-12-21-17-9-10-17;;/h2-8,17H,9-13H2;1H;/q;;+1/p-1. The van der Waals surface area contributed by atoms with Crippen molar-refractivity contribution in [1.29, 1.82) is 0 Å². The second-order valence-corrected chi connectivity index (χ2v) is 9.58. The van der Waals surface area contributed by atoms with Crippen LogP contribution in [0.1, 0.15) is 24.0 Å². The SMILES string of the molecule is Clc1cc[c]([Mg][I])cc1Cc1ccc(OCCOC2CC2)cc1. The summed E-state index contributed by atoms with van der Waals surface area (Å²) in [6.45, 7) is 1.29. The first-order chi connectivity index (χ1) is 11.2. The van der Waals surface area contributed by atoms with Crippen molar-refractivity contribution in [2.24, 2.45) is 0 Å². The Hall–Kier alpha value is -0.0138. The Bertz CT molecular complexity index is 644. The molecule has 0 spiro atoms. The molecule has 1 aliphatic carbocycles. The van der Waals surface area contributed by atoms with Gasteiger partial charge in [0.15, 0.2) is 0 Å². The molecule has 0 radical (unpaired) electrons. The summed E-state index contributed by atoms with van der Waals surface area (Å²) >= 11 is 8.66. The van der Waals surface area contributed by atoms with Crippen LogP contribution in [0.15, 0.2) is 42.5 Å². The van der Waals surface area contributed by atoms with Gasteiger partial charge in [0.05, 0.1) is 12.7 Å². The Balaban J connectivity index is 1.54. The number of hydrogen-bond acceptors (Lipinski definition) is 2. The predicted octanol–water partition coefficient (Wildman–Crippen LogP) is 4.17. The van der Waals surface area contributed by atoms with Crippen LogP contribution in [0.5, 0.6) is 5.75 Å². The fourth-order valence-electron chi connectivity index (χ4n) is 2.38. The van der Waals surface area contributed by atoms with Crippen LogP contribution in [0.4, 0.5) is 0 Å². The summed E-state index contributed by atoms with van der Waals surface area (Å²) in [5.74, 6) is 0.896. The highest BCUT2D eigenvalue weighted by Gasteiger charge is 2.21. The Morgan fingerprint density at radius 2 is 1.87 bits per heavy atom. The van der Waals surface area contributed by atoms with Crippen LogP contribution in [0.25, 0.3) is 0 Å². The molecule has 23 heavy (non-hydrogen) atoms. The zero-order valence-corrected chi connectivity index (χ0v) is 17.3. The average Bonchev–Trinajstić information content (AvgIpc) is 3.39. The zero-order chi connectivity index (χ0) is 16.1. The van der Waals surface area contributed by atoms with Gasteiger partial charge in [-0.15, -0.1) is 0 Å². The van der Waals surface area contributed by atoms with Gasteiger partial charge in [0.2, 0.25) is 0 Å². The Labute approximate surface area is 162 Å². The summed E-state index contributed by atoms with van der Waals surface area (Å²) in [7, 11) is 0. The molecule has 1 saturated carbocycles. The number of rotatable bonds is 8. The number of halogens is 2. The van der Waals surface area contributed by atoms with E-state index in [4.69, 9.17) is 21.1 Å². The fourth-order valence-corrected chi connectivity index (χ4v) is 4.52. The molecule has 1 fully saturated rings. The highest BCUT2D eigenvalue weighted by Crippen LogP contribution is 2.23. The monoisotopic (exact) mass is 452 g/mol. The van der Waals surface area contributed by atoms with Gasteiger partial charge < -0.3 is 9.47 Å². The lowest BCUT2D eigenvalue weighted by atomic mass is 10.0. The fraction of sp³-hybridized carbons (Fsp3) is 0.333. The van der Waals surface area contributed by atoms with Gasteiger partial charge in [-0.05, 0) is 48.6 Å². The van der Waals surface area contributed by atoms with Gasteiger partial charge in [-0.1, -0.05) is 35.9 Å². The van der Waals surface area contributed by atoms with Gasteiger partial charge >= 0.3 is 16.5 Å². The molecule has 0 unspecified atom stereocenters. The molecular weight excluding hydrogens is 435 g/mol. The minimum absolute atomic E-state index is 0.176. The molecule has 0 N–H and O–H groups in total. The first-order valence-corrected chi connectivity index (χ1v) is 14.1. The third-order valence-corrected chi connectivity index (χ3v) is 7.57. The van der Waals surface area contributed by atoms with E-state index in [-0.39, 0.29) is 16.5 Å². The van der Waals surface area contributed by atoms with Crippen molar-refractivity contribution < 1.29 is 9.47 Å². The summed E-state index contributed by atoms with van der Waals surface area (Å²) in [6.07, 6.45) is 3.77. The summed E-state index contributed by atoms with van der Waals surface area (Å²) in [5.41, 5.74) is 2.46. The van der Waals surface area contributed by atoms with Crippen LogP contribution in [0.2, 0.25) is 5.02 Å². The summed E-state index contributed by atoms with van der Waals surface area (Å²) in [4.78, 5) is 0. The van der Waals surface area contributed by atoms with Crippen LogP contribution in [-0.4, -0.2) is 35.8 Å². The summed E-state index contributed by atoms with van der Waals surface area (Å²) < 4.78 is 12.7. The second-order valence-electron chi connectivity index (χ2n) is 5.80. The Morgan fingerprint density at radius 3 is 2.57 bits per heavy atom. The molecule has 1 aliphatic rings. The van der Waals surface area contributed by atoms with Gasteiger partial charge in [-0.3, -0.25) is 18.9 Å². The molecule has 0 bridgehead atoms. The molecule has 0 atom stereocenters. The van der Waals surface area contributed by atoms with Gasteiger partial charge in [0.1, 0.15) is 12.4 Å². The predicted molar refractivity (Wildman–Crippen MR) is 105 cm³/mol. The van der Waals surface area contributed by atoms with Crippen molar-refractivity contribution in [3.8, 4) is 5.75 Å². The van der Waals surface area contributed by atoms with Crippen molar-refractivity contribution in [1.82, 2.24) is 0 Å². The van der Waals surface area contributed by atoms with Crippen molar-refractivity contribution in [2.45, 2.75) is 25.4 Å². The van der Waals surface area contributed by atoms with E-state index in [2.05, 4.69) is 43.1 Å². The molecular formula is C18H18ClIMgO2. The molecule has 5 heteroatoms. The molecule has 2 aromatic carbocycles. The first-order valence-electron chi connectivity index (χ1n) is 7.91. The topological polar surface area (TPSA) is 18.5 Å². The zero-order valence-electron chi connectivity index (χ0n) is 12.9. The maximum absolute atomic E-state index is 6.32. The van der Waals surface area contributed by atoms with Gasteiger partial charge in [0.25, 0.3) is 0 Å². The van der Waals surface area contributed by atoms with Crippen molar-refractivity contribution >= 4 is 50.6 Å². The first kappa shape index (κ1) is 17.8. The number of benzene rings is 2. The number of ether oxygens (including phenoxy) is 2. The third kappa shape index (κ3) is 5.78. The Morgan fingerprint density at radius 1 is 1.09 bits per heavy atom. The average molecular weight is 453 g/mol. The lowest BCUT2D eigenvalue weighted by Crippen LogP contribution is -2.09. The van der Waals surface area contributed by atoms with Crippen LogP contribution < -0.4 is 8.43 Å². The number of hydrogen-bond donors (Lipinski definition) is 0. The van der Waals surface area contributed by atoms with Crippen LogP contribution in [0, 0.1) is 0 Å². The van der Waals surface area contributed by atoms with E-state index in [1.165, 1.54) is 27.7 Å². The van der Waals surface area contributed by atoms with E-state index in [0.29, 0.717) is 19.3 Å². The molecule has 0 heterocycles. The van der Waals surface area contributed by atoms with Crippen molar-refractivity contribution in [3.05, 3.63) is 58.6 Å². The van der Waals surface area contributed by atoms with Crippen LogP contribution in [0.3, 0.4) is 0 Å². The second kappa shape index (κ2) is 8.90. The normalized spacial score (nSPS) is 13.7. The quantitative estimate of drug-likeness (QED) is 0.340. The van der Waals surface area contributed by atoms with Crippen molar-refractivity contribution in [2.75, 3.05) is 13.2 Å². The van der Waals surface area contributed by atoms with E-state index >= 15 is 0 Å². The molecule has 2 aromatic rings. The van der Waals surface area contributed by atoms with E-state index in [1.54, 1.807) is 0 Å². The van der Waals surface area contributed by atoms with E-state index in [1.807, 2.05) is 18.2 Å². The molecule has 0 amide bonds. The molecule has 2 nitrogen and oxygen atoms in total. The summed E-state index contributed by atoms with van der Waals surface area (Å²) in [6, 6.07) is 14.7. The highest BCUT2D eigenvalue weighted by molar-refractivity contribution is 14.1. The lowest BCUT2D eigenvalue weighted by Gasteiger charge is -2.09. The van der Waals surface area contributed by atoms with Crippen molar-refractivity contribution in [3.63, 3.8) is 0 Å². The summed E-state index contributed by atoms with van der Waals surface area (Å²) in [5, 5.41) is 0.852. The van der Waals surface area contributed by atoms with E-state index in [9.17, 15) is 0 Å². The van der Waals surface area contributed by atoms with Crippen LogP contribution >= 0.6 is 30.5 Å². The van der Waals surface area contributed by atoms with Crippen LogP contribution in [-0.2, 0) is 11.2 Å². The molecule has 0 aromatic heterocycles. The molecule has 0 aliphatic heterocycles. The minimum Gasteiger partial charge on any atom is -0.491 e.